The molecule has 104 valence electrons. The Bertz CT molecular complexity index is 680. The monoisotopic (exact) mass is 294 g/mol. The standard InChI is InChI=1S/C16H13ClF2O/c1-9-7-12(10(2)20)13(16(19)15(9)18)8-11-5-3-4-6-14(11)17/h3-7H,8H2,1-2H3. The van der Waals surface area contributed by atoms with Crippen LogP contribution in [0.4, 0.5) is 8.78 Å². The van der Waals surface area contributed by atoms with Gasteiger partial charge in [-0.25, -0.2) is 8.78 Å². The first-order chi connectivity index (χ1) is 9.41. The van der Waals surface area contributed by atoms with Gasteiger partial charge in [0.15, 0.2) is 17.4 Å². The molecule has 2 aromatic carbocycles. The van der Waals surface area contributed by atoms with Gasteiger partial charge in [-0.1, -0.05) is 29.8 Å². The van der Waals surface area contributed by atoms with E-state index in [1.165, 1.54) is 19.9 Å². The first kappa shape index (κ1) is 14.7. The van der Waals surface area contributed by atoms with E-state index in [1.807, 2.05) is 0 Å². The number of ketones is 1. The maximum Gasteiger partial charge on any atom is 0.163 e. The Labute approximate surface area is 121 Å². The fraction of sp³-hybridized carbons (Fsp3) is 0.188. The zero-order valence-electron chi connectivity index (χ0n) is 11.1. The van der Waals surface area contributed by atoms with Gasteiger partial charge in [0.25, 0.3) is 0 Å². The second kappa shape index (κ2) is 5.71. The second-order valence-corrected chi connectivity index (χ2v) is 5.08. The number of halogens is 3. The first-order valence-electron chi connectivity index (χ1n) is 6.13. The number of Topliss-reactive ketones (excluding diaryl/α,β-unsaturated/α-hetero) is 1. The average molecular weight is 295 g/mol. The largest absolute Gasteiger partial charge is 0.294 e. The van der Waals surface area contributed by atoms with Gasteiger partial charge >= 0.3 is 0 Å². The van der Waals surface area contributed by atoms with Gasteiger partial charge in [-0.3, -0.25) is 4.79 Å². The molecule has 0 N–H and O–H groups in total. The smallest absolute Gasteiger partial charge is 0.163 e. The van der Waals surface area contributed by atoms with Crippen LogP contribution in [0.25, 0.3) is 0 Å². The molecule has 0 bridgehead atoms. The van der Waals surface area contributed by atoms with E-state index in [-0.39, 0.29) is 28.9 Å². The Balaban J connectivity index is 2.59. The van der Waals surface area contributed by atoms with Gasteiger partial charge in [0, 0.05) is 22.6 Å². The van der Waals surface area contributed by atoms with E-state index < -0.39 is 11.6 Å². The Morgan fingerprint density at radius 3 is 2.45 bits per heavy atom. The van der Waals surface area contributed by atoms with E-state index in [2.05, 4.69) is 0 Å². The van der Waals surface area contributed by atoms with Crippen LogP contribution in [0.1, 0.15) is 34.0 Å². The maximum atomic E-state index is 14.1. The molecule has 4 heteroatoms. The third kappa shape index (κ3) is 2.73. The minimum Gasteiger partial charge on any atom is -0.294 e. The quantitative estimate of drug-likeness (QED) is 0.749. The van der Waals surface area contributed by atoms with E-state index in [0.717, 1.165) is 0 Å². The normalized spacial score (nSPS) is 10.7. The predicted octanol–water partition coefficient (Wildman–Crippen LogP) is 4.72. The number of aryl methyl sites for hydroxylation is 1. The van der Waals surface area contributed by atoms with Crippen LogP contribution in [0.15, 0.2) is 30.3 Å². The van der Waals surface area contributed by atoms with Crippen molar-refractivity contribution in [1.29, 1.82) is 0 Å². The molecule has 2 aromatic rings. The summed E-state index contributed by atoms with van der Waals surface area (Å²) in [5.74, 6) is -2.19. The molecule has 0 saturated heterocycles. The summed E-state index contributed by atoms with van der Waals surface area (Å²) in [6.07, 6.45) is 0.0810. The zero-order valence-corrected chi connectivity index (χ0v) is 11.9. The van der Waals surface area contributed by atoms with Crippen molar-refractivity contribution in [2.24, 2.45) is 0 Å². The topological polar surface area (TPSA) is 17.1 Å². The van der Waals surface area contributed by atoms with Gasteiger partial charge in [0.2, 0.25) is 0 Å². The Hall–Kier alpha value is -1.74. The van der Waals surface area contributed by atoms with Gasteiger partial charge < -0.3 is 0 Å². The summed E-state index contributed by atoms with van der Waals surface area (Å²) in [5.41, 5.74) is 1.02. The lowest BCUT2D eigenvalue weighted by atomic mass is 9.95. The molecule has 0 aliphatic rings. The van der Waals surface area contributed by atoms with Crippen LogP contribution in [0.3, 0.4) is 0 Å². The van der Waals surface area contributed by atoms with Gasteiger partial charge in [0.05, 0.1) is 0 Å². The van der Waals surface area contributed by atoms with Gasteiger partial charge in [-0.15, -0.1) is 0 Å². The van der Waals surface area contributed by atoms with Crippen molar-refractivity contribution in [3.8, 4) is 0 Å². The molecule has 0 radical (unpaired) electrons. The molecule has 0 amide bonds. The van der Waals surface area contributed by atoms with E-state index in [4.69, 9.17) is 11.6 Å². The van der Waals surface area contributed by atoms with Crippen molar-refractivity contribution in [3.63, 3.8) is 0 Å². The fourth-order valence-corrected chi connectivity index (χ4v) is 2.31. The van der Waals surface area contributed by atoms with Crippen LogP contribution >= 0.6 is 11.6 Å². The summed E-state index contributed by atoms with van der Waals surface area (Å²) < 4.78 is 27.8. The van der Waals surface area contributed by atoms with Crippen molar-refractivity contribution in [3.05, 3.63) is 69.2 Å². The molecular weight excluding hydrogens is 282 g/mol. The third-order valence-corrected chi connectivity index (χ3v) is 3.56. The van der Waals surface area contributed by atoms with E-state index in [1.54, 1.807) is 24.3 Å². The summed E-state index contributed by atoms with van der Waals surface area (Å²) in [5, 5.41) is 0.461. The minimum absolute atomic E-state index is 0.0497. The van der Waals surface area contributed by atoms with E-state index >= 15 is 0 Å². The highest BCUT2D eigenvalue weighted by Crippen LogP contribution is 2.26. The molecule has 0 aliphatic carbocycles. The molecule has 0 aliphatic heterocycles. The third-order valence-electron chi connectivity index (χ3n) is 3.19. The van der Waals surface area contributed by atoms with Gasteiger partial charge in [-0.2, -0.15) is 0 Å². The summed E-state index contributed by atoms with van der Waals surface area (Å²) in [6, 6.07) is 8.30. The first-order valence-corrected chi connectivity index (χ1v) is 6.51. The molecule has 0 fully saturated rings. The zero-order chi connectivity index (χ0) is 14.9. The van der Waals surface area contributed by atoms with Crippen molar-refractivity contribution >= 4 is 17.4 Å². The number of hydrogen-bond donors (Lipinski definition) is 0. The molecular formula is C16H13ClF2O. The molecule has 2 rings (SSSR count). The fourth-order valence-electron chi connectivity index (χ4n) is 2.11. The molecule has 0 aromatic heterocycles. The molecule has 0 heterocycles. The van der Waals surface area contributed by atoms with Crippen LogP contribution < -0.4 is 0 Å². The molecule has 0 unspecified atom stereocenters. The SMILES string of the molecule is CC(=O)c1cc(C)c(F)c(F)c1Cc1ccccc1Cl. The molecule has 0 atom stereocenters. The lowest BCUT2D eigenvalue weighted by Crippen LogP contribution is -2.08. The van der Waals surface area contributed by atoms with Crippen LogP contribution in [0.2, 0.25) is 5.02 Å². The van der Waals surface area contributed by atoms with E-state index in [0.29, 0.717) is 10.6 Å². The predicted molar refractivity (Wildman–Crippen MR) is 75.4 cm³/mol. The lowest BCUT2D eigenvalue weighted by molar-refractivity contribution is 0.101. The highest BCUT2D eigenvalue weighted by molar-refractivity contribution is 6.31. The number of benzene rings is 2. The minimum atomic E-state index is -0.977. The number of hydrogen-bond acceptors (Lipinski definition) is 1. The highest BCUT2D eigenvalue weighted by atomic mass is 35.5. The highest BCUT2D eigenvalue weighted by Gasteiger charge is 2.19. The molecule has 0 spiro atoms. The van der Waals surface area contributed by atoms with Crippen molar-refractivity contribution in [2.45, 2.75) is 20.3 Å². The summed E-state index contributed by atoms with van der Waals surface area (Å²) in [4.78, 5) is 11.6. The summed E-state index contributed by atoms with van der Waals surface area (Å²) in [7, 11) is 0. The van der Waals surface area contributed by atoms with Crippen molar-refractivity contribution in [1.82, 2.24) is 0 Å². The Morgan fingerprint density at radius 1 is 1.20 bits per heavy atom. The van der Waals surface area contributed by atoms with E-state index in [9.17, 15) is 13.6 Å². The van der Waals surface area contributed by atoms with Crippen molar-refractivity contribution in [2.75, 3.05) is 0 Å². The van der Waals surface area contributed by atoms with Crippen LogP contribution in [-0.2, 0) is 6.42 Å². The van der Waals surface area contributed by atoms with Crippen LogP contribution in [-0.4, -0.2) is 5.78 Å². The molecule has 0 saturated carbocycles. The average Bonchev–Trinajstić information content (AvgIpc) is 2.41. The van der Waals surface area contributed by atoms with Crippen LogP contribution in [0.5, 0.6) is 0 Å². The summed E-state index contributed by atoms with van der Waals surface area (Å²) in [6.45, 7) is 2.77. The molecule has 1 nitrogen and oxygen atoms in total. The second-order valence-electron chi connectivity index (χ2n) is 4.67. The maximum absolute atomic E-state index is 14.1. The summed E-state index contributed by atoms with van der Waals surface area (Å²) >= 11 is 6.03. The van der Waals surface area contributed by atoms with Crippen LogP contribution in [0, 0.1) is 18.6 Å². The van der Waals surface area contributed by atoms with Crippen molar-refractivity contribution < 1.29 is 13.6 Å². The van der Waals surface area contributed by atoms with Gasteiger partial charge in [0.1, 0.15) is 0 Å². The number of carbonyl (C=O) groups is 1. The Morgan fingerprint density at radius 2 is 1.85 bits per heavy atom. The van der Waals surface area contributed by atoms with Gasteiger partial charge in [-0.05, 0) is 37.1 Å². The number of rotatable bonds is 3. The molecule has 20 heavy (non-hydrogen) atoms. The number of carbonyl (C=O) groups excluding carboxylic acids is 1. The lowest BCUT2D eigenvalue weighted by Gasteiger charge is -2.12. The Kier molecular flexibility index (Phi) is 4.19.